The normalized spacial score (nSPS) is 27.7. The van der Waals surface area contributed by atoms with Crippen LogP contribution in [0, 0.1) is 5.92 Å². The highest BCUT2D eigenvalue weighted by atomic mass is 16.5. The highest BCUT2D eigenvalue weighted by Gasteiger charge is 2.45. The van der Waals surface area contributed by atoms with Crippen LogP contribution >= 0.6 is 0 Å². The van der Waals surface area contributed by atoms with Gasteiger partial charge in [0.05, 0.1) is 12.3 Å². The molecule has 1 spiro atoms. The largest absolute Gasteiger partial charge is 0.491 e. The van der Waals surface area contributed by atoms with E-state index in [4.69, 9.17) is 4.74 Å². The lowest BCUT2D eigenvalue weighted by Gasteiger charge is -2.43. The molecule has 1 fully saturated rings. The fourth-order valence-corrected chi connectivity index (χ4v) is 3.52. The Balaban J connectivity index is 1.90. The van der Waals surface area contributed by atoms with Gasteiger partial charge in [0.2, 0.25) is 5.91 Å². The summed E-state index contributed by atoms with van der Waals surface area (Å²) < 4.78 is 5.74. The van der Waals surface area contributed by atoms with E-state index in [1.165, 1.54) is 6.42 Å². The van der Waals surface area contributed by atoms with E-state index in [-0.39, 0.29) is 5.91 Å². The maximum absolute atomic E-state index is 12.7. The molecule has 0 radical (unpaired) electrons. The number of rotatable bonds is 3. The summed E-state index contributed by atoms with van der Waals surface area (Å²) in [5, 5.41) is 6.61. The van der Waals surface area contributed by atoms with Gasteiger partial charge in [0.25, 0.3) is 0 Å². The minimum atomic E-state index is -0.436. The number of fused-ring (bicyclic) bond motifs is 1. The van der Waals surface area contributed by atoms with Gasteiger partial charge in [0.15, 0.2) is 0 Å². The molecule has 1 aromatic rings. The Morgan fingerprint density at radius 1 is 1.43 bits per heavy atom. The van der Waals surface area contributed by atoms with Gasteiger partial charge in [-0.2, -0.15) is 0 Å². The minimum Gasteiger partial charge on any atom is -0.491 e. The number of para-hydroxylation sites is 1. The molecule has 1 aliphatic heterocycles. The average Bonchev–Trinajstić information content (AvgIpc) is 2.46. The summed E-state index contributed by atoms with van der Waals surface area (Å²) in [7, 11) is 0. The molecule has 114 valence electrons. The predicted octanol–water partition coefficient (Wildman–Crippen LogP) is 3.79. The number of carbonyl (C=O) groups excluding carboxylic acids is 1. The number of benzene rings is 1. The molecule has 2 aliphatic rings. The number of hydrogen-bond acceptors (Lipinski definition) is 3. The summed E-state index contributed by atoms with van der Waals surface area (Å²) in [6.45, 7) is 4.96. The Morgan fingerprint density at radius 3 is 3.05 bits per heavy atom. The molecule has 1 saturated carbocycles. The lowest BCUT2D eigenvalue weighted by Crippen LogP contribution is -2.54. The second-order valence-electron chi connectivity index (χ2n) is 6.39. The van der Waals surface area contributed by atoms with E-state index in [1.807, 2.05) is 18.2 Å². The summed E-state index contributed by atoms with van der Waals surface area (Å²) >= 11 is 0. The van der Waals surface area contributed by atoms with E-state index >= 15 is 0 Å². The van der Waals surface area contributed by atoms with Gasteiger partial charge in [-0.15, -0.1) is 0 Å². The summed E-state index contributed by atoms with van der Waals surface area (Å²) in [5.74, 6) is 1.43. The van der Waals surface area contributed by atoms with Crippen molar-refractivity contribution in [2.45, 2.75) is 51.5 Å². The monoisotopic (exact) mass is 288 g/mol. The van der Waals surface area contributed by atoms with E-state index in [9.17, 15) is 4.79 Å². The molecule has 2 atom stereocenters. The standard InChI is InChI=1S/C17H24N2O2/c1-3-10-21-14-8-4-7-13-15(14)18-16(20)17(19-13)9-5-6-12(2)11-17/h4,7-8,12,19H,3,5-6,9-11H2,1-2H3,(H,18,20). The lowest BCUT2D eigenvalue weighted by atomic mass is 9.74. The van der Waals surface area contributed by atoms with Gasteiger partial charge in [-0.3, -0.25) is 4.79 Å². The Bertz CT molecular complexity index is 544. The van der Waals surface area contributed by atoms with Gasteiger partial charge in [-0.05, 0) is 37.3 Å². The third-order valence-electron chi connectivity index (χ3n) is 4.53. The molecule has 21 heavy (non-hydrogen) atoms. The molecule has 1 aromatic carbocycles. The molecule has 1 heterocycles. The Morgan fingerprint density at radius 2 is 2.29 bits per heavy atom. The highest BCUT2D eigenvalue weighted by Crippen LogP contribution is 2.44. The van der Waals surface area contributed by atoms with Crippen molar-refractivity contribution in [3.05, 3.63) is 18.2 Å². The van der Waals surface area contributed by atoms with Crippen LogP contribution in [0.25, 0.3) is 0 Å². The second kappa shape index (κ2) is 5.58. The number of anilines is 2. The van der Waals surface area contributed by atoms with E-state index < -0.39 is 5.54 Å². The van der Waals surface area contributed by atoms with E-state index in [0.717, 1.165) is 42.8 Å². The molecular weight excluding hydrogens is 264 g/mol. The van der Waals surface area contributed by atoms with Crippen LogP contribution in [0.3, 0.4) is 0 Å². The number of carbonyl (C=O) groups is 1. The third kappa shape index (κ3) is 2.59. The first kappa shape index (κ1) is 14.2. The quantitative estimate of drug-likeness (QED) is 0.889. The molecule has 4 nitrogen and oxygen atoms in total. The Labute approximate surface area is 126 Å². The van der Waals surface area contributed by atoms with Gasteiger partial charge in [0, 0.05) is 0 Å². The fourth-order valence-electron chi connectivity index (χ4n) is 3.52. The van der Waals surface area contributed by atoms with Crippen molar-refractivity contribution in [3.8, 4) is 5.75 Å². The zero-order valence-corrected chi connectivity index (χ0v) is 12.9. The van der Waals surface area contributed by atoms with Gasteiger partial charge in [-0.25, -0.2) is 0 Å². The van der Waals surface area contributed by atoms with E-state index in [0.29, 0.717) is 12.5 Å². The van der Waals surface area contributed by atoms with Crippen LogP contribution in [-0.2, 0) is 4.79 Å². The van der Waals surface area contributed by atoms with Crippen LogP contribution in [0.5, 0.6) is 5.75 Å². The Hall–Kier alpha value is -1.71. The van der Waals surface area contributed by atoms with Crippen LogP contribution in [0.2, 0.25) is 0 Å². The van der Waals surface area contributed by atoms with E-state index in [2.05, 4.69) is 24.5 Å². The smallest absolute Gasteiger partial charge is 0.250 e. The predicted molar refractivity (Wildman–Crippen MR) is 84.8 cm³/mol. The van der Waals surface area contributed by atoms with Crippen molar-refractivity contribution in [3.63, 3.8) is 0 Å². The molecule has 3 rings (SSSR count). The Kier molecular flexibility index (Phi) is 3.79. The zero-order valence-electron chi connectivity index (χ0n) is 12.9. The molecule has 1 aliphatic carbocycles. The van der Waals surface area contributed by atoms with Gasteiger partial charge >= 0.3 is 0 Å². The second-order valence-corrected chi connectivity index (χ2v) is 6.39. The van der Waals surface area contributed by atoms with Crippen LogP contribution < -0.4 is 15.4 Å². The topological polar surface area (TPSA) is 50.4 Å². The SMILES string of the molecule is CCCOc1cccc2c1NC(=O)C1(CCCC(C)C1)N2. The molecular formula is C17H24N2O2. The van der Waals surface area contributed by atoms with Crippen molar-refractivity contribution in [1.29, 1.82) is 0 Å². The number of amides is 1. The molecule has 0 saturated heterocycles. The molecule has 2 N–H and O–H groups in total. The number of ether oxygens (including phenoxy) is 1. The van der Waals surface area contributed by atoms with Gasteiger partial charge in [0.1, 0.15) is 17.0 Å². The van der Waals surface area contributed by atoms with Crippen LogP contribution in [-0.4, -0.2) is 18.1 Å². The summed E-state index contributed by atoms with van der Waals surface area (Å²) in [5.41, 5.74) is 1.34. The highest BCUT2D eigenvalue weighted by molar-refractivity contribution is 6.07. The van der Waals surface area contributed by atoms with Crippen molar-refractivity contribution in [2.75, 3.05) is 17.2 Å². The summed E-state index contributed by atoms with van der Waals surface area (Å²) in [4.78, 5) is 12.7. The summed E-state index contributed by atoms with van der Waals surface area (Å²) in [6.07, 6.45) is 5.07. The van der Waals surface area contributed by atoms with Gasteiger partial charge < -0.3 is 15.4 Å². The van der Waals surface area contributed by atoms with Gasteiger partial charge in [-0.1, -0.05) is 32.8 Å². The van der Waals surface area contributed by atoms with Crippen molar-refractivity contribution < 1.29 is 9.53 Å². The lowest BCUT2D eigenvalue weighted by molar-refractivity contribution is -0.122. The van der Waals surface area contributed by atoms with E-state index in [1.54, 1.807) is 0 Å². The molecule has 0 aromatic heterocycles. The first-order chi connectivity index (χ1) is 10.1. The van der Waals surface area contributed by atoms with Crippen molar-refractivity contribution >= 4 is 17.3 Å². The fraction of sp³-hybridized carbons (Fsp3) is 0.588. The van der Waals surface area contributed by atoms with Crippen molar-refractivity contribution in [1.82, 2.24) is 0 Å². The summed E-state index contributed by atoms with van der Waals surface area (Å²) in [6, 6.07) is 5.92. The molecule has 1 amide bonds. The van der Waals surface area contributed by atoms with Crippen LogP contribution in [0.15, 0.2) is 18.2 Å². The first-order valence-corrected chi connectivity index (χ1v) is 8.00. The third-order valence-corrected chi connectivity index (χ3v) is 4.53. The maximum Gasteiger partial charge on any atom is 0.250 e. The maximum atomic E-state index is 12.7. The van der Waals surface area contributed by atoms with Crippen molar-refractivity contribution in [2.24, 2.45) is 5.92 Å². The first-order valence-electron chi connectivity index (χ1n) is 8.00. The number of nitrogens with one attached hydrogen (secondary N) is 2. The average molecular weight is 288 g/mol. The zero-order chi connectivity index (χ0) is 14.9. The number of hydrogen-bond donors (Lipinski definition) is 2. The van der Waals surface area contributed by atoms with Crippen LogP contribution in [0.1, 0.15) is 46.0 Å². The molecule has 0 bridgehead atoms. The molecule has 2 unspecified atom stereocenters. The minimum absolute atomic E-state index is 0.0918. The van der Waals surface area contributed by atoms with Crippen LogP contribution in [0.4, 0.5) is 11.4 Å². The molecule has 4 heteroatoms.